The molecular weight excluding hydrogens is 244 g/mol. The van der Waals surface area contributed by atoms with Crippen molar-refractivity contribution in [2.75, 3.05) is 0 Å². The monoisotopic (exact) mass is 274 g/mol. The molecule has 2 heteroatoms. The van der Waals surface area contributed by atoms with Crippen LogP contribution in [0.4, 0.5) is 0 Å². The van der Waals surface area contributed by atoms with Crippen molar-refractivity contribution in [1.29, 1.82) is 0 Å². The summed E-state index contributed by atoms with van der Waals surface area (Å²) in [5, 5.41) is 0. The van der Waals surface area contributed by atoms with Crippen LogP contribution in [0.25, 0.3) is 0 Å². The van der Waals surface area contributed by atoms with E-state index in [0.717, 1.165) is 18.3 Å². The Hall–Kier alpha value is -0.860. The Balaban J connectivity index is 1.96. The summed E-state index contributed by atoms with van der Waals surface area (Å²) in [5.41, 5.74) is 5.89. The van der Waals surface area contributed by atoms with Gasteiger partial charge in [-0.1, -0.05) is 57.9 Å². The summed E-state index contributed by atoms with van der Waals surface area (Å²) < 4.78 is 0. The van der Waals surface area contributed by atoms with E-state index in [1.165, 1.54) is 36.8 Å². The zero-order chi connectivity index (χ0) is 14.5. The third kappa shape index (κ3) is 3.83. The van der Waals surface area contributed by atoms with E-state index in [4.69, 9.17) is 5.84 Å². The average Bonchev–Trinajstić information content (AvgIpc) is 2.94. The van der Waals surface area contributed by atoms with Crippen molar-refractivity contribution in [3.8, 4) is 0 Å². The van der Waals surface area contributed by atoms with E-state index >= 15 is 0 Å². The van der Waals surface area contributed by atoms with E-state index in [0.29, 0.717) is 12.0 Å². The fourth-order valence-electron chi connectivity index (χ4n) is 3.50. The Morgan fingerprint density at radius 2 is 1.90 bits per heavy atom. The van der Waals surface area contributed by atoms with Crippen molar-refractivity contribution in [1.82, 2.24) is 5.43 Å². The molecule has 112 valence electrons. The van der Waals surface area contributed by atoms with Crippen molar-refractivity contribution < 1.29 is 0 Å². The molecule has 3 atom stereocenters. The van der Waals surface area contributed by atoms with Crippen molar-refractivity contribution in [2.24, 2.45) is 17.7 Å². The van der Waals surface area contributed by atoms with Gasteiger partial charge < -0.3 is 0 Å². The van der Waals surface area contributed by atoms with Gasteiger partial charge >= 0.3 is 0 Å². The van der Waals surface area contributed by atoms with Crippen LogP contribution in [0.15, 0.2) is 24.3 Å². The number of nitrogens with two attached hydrogens (primary N) is 1. The van der Waals surface area contributed by atoms with Crippen molar-refractivity contribution in [3.63, 3.8) is 0 Å². The first-order valence-corrected chi connectivity index (χ1v) is 8.19. The van der Waals surface area contributed by atoms with E-state index < -0.39 is 0 Å². The summed E-state index contributed by atoms with van der Waals surface area (Å²) in [7, 11) is 0. The zero-order valence-electron chi connectivity index (χ0n) is 13.2. The third-order valence-electron chi connectivity index (χ3n) is 5.04. The molecule has 0 heterocycles. The van der Waals surface area contributed by atoms with Gasteiger partial charge in [0.1, 0.15) is 0 Å². The van der Waals surface area contributed by atoms with Gasteiger partial charge in [-0.25, -0.2) is 0 Å². The predicted octanol–water partition coefficient (Wildman–Crippen LogP) is 4.01. The second-order valence-corrected chi connectivity index (χ2v) is 6.72. The molecule has 2 nitrogen and oxygen atoms in total. The van der Waals surface area contributed by atoms with Gasteiger partial charge in [-0.2, -0.15) is 0 Å². The number of rotatable bonds is 6. The summed E-state index contributed by atoms with van der Waals surface area (Å²) in [5.74, 6) is 8.08. The van der Waals surface area contributed by atoms with E-state index in [-0.39, 0.29) is 0 Å². The largest absolute Gasteiger partial charge is 0.271 e. The minimum Gasteiger partial charge on any atom is -0.271 e. The highest BCUT2D eigenvalue weighted by Crippen LogP contribution is 2.35. The Morgan fingerprint density at radius 1 is 1.20 bits per heavy atom. The molecule has 0 amide bonds. The van der Waals surface area contributed by atoms with Crippen molar-refractivity contribution >= 4 is 0 Å². The standard InChI is InChI=1S/C18H30N2/c1-4-14-5-10-17(11-14)18(20-19)12-15-6-8-16(9-7-15)13(2)3/h6-9,13-14,17-18,20H,4-5,10-12,19H2,1-3H3. The molecule has 0 spiro atoms. The second kappa shape index (κ2) is 7.24. The van der Waals surface area contributed by atoms with E-state index in [1.807, 2.05) is 0 Å². The predicted molar refractivity (Wildman–Crippen MR) is 86.5 cm³/mol. The molecule has 0 saturated heterocycles. The normalized spacial score (nSPS) is 24.2. The lowest BCUT2D eigenvalue weighted by molar-refractivity contribution is 0.348. The highest BCUT2D eigenvalue weighted by molar-refractivity contribution is 5.25. The van der Waals surface area contributed by atoms with Crippen LogP contribution in [0.5, 0.6) is 0 Å². The van der Waals surface area contributed by atoms with Crippen LogP contribution in [0.2, 0.25) is 0 Å². The quantitative estimate of drug-likeness (QED) is 0.607. The topological polar surface area (TPSA) is 38.0 Å². The van der Waals surface area contributed by atoms with E-state index in [1.54, 1.807) is 0 Å². The van der Waals surface area contributed by atoms with Gasteiger partial charge in [-0.05, 0) is 48.1 Å². The summed E-state index contributed by atoms with van der Waals surface area (Å²) in [4.78, 5) is 0. The maximum atomic E-state index is 5.82. The summed E-state index contributed by atoms with van der Waals surface area (Å²) in [6.07, 6.45) is 6.42. The summed E-state index contributed by atoms with van der Waals surface area (Å²) >= 11 is 0. The minimum absolute atomic E-state index is 0.427. The highest BCUT2D eigenvalue weighted by atomic mass is 15.2. The summed E-state index contributed by atoms with van der Waals surface area (Å²) in [6, 6.07) is 9.49. The first-order chi connectivity index (χ1) is 9.63. The Kier molecular flexibility index (Phi) is 5.62. The zero-order valence-corrected chi connectivity index (χ0v) is 13.2. The molecular formula is C18H30N2. The maximum absolute atomic E-state index is 5.82. The molecule has 20 heavy (non-hydrogen) atoms. The van der Waals surface area contributed by atoms with Gasteiger partial charge in [0.15, 0.2) is 0 Å². The van der Waals surface area contributed by atoms with E-state index in [2.05, 4.69) is 50.5 Å². The number of hydrogen-bond acceptors (Lipinski definition) is 2. The summed E-state index contributed by atoms with van der Waals surface area (Å²) in [6.45, 7) is 6.79. The average molecular weight is 274 g/mol. The fourth-order valence-corrected chi connectivity index (χ4v) is 3.50. The molecule has 2 rings (SSSR count). The van der Waals surface area contributed by atoms with Gasteiger partial charge in [-0.15, -0.1) is 0 Å². The molecule has 1 fully saturated rings. The van der Waals surface area contributed by atoms with Gasteiger partial charge in [0.2, 0.25) is 0 Å². The number of hydrazine groups is 1. The van der Waals surface area contributed by atoms with Gasteiger partial charge in [0.25, 0.3) is 0 Å². The lowest BCUT2D eigenvalue weighted by atomic mass is 9.90. The fraction of sp³-hybridized carbons (Fsp3) is 0.667. The molecule has 1 aromatic rings. The van der Waals surface area contributed by atoms with Crippen LogP contribution in [0.3, 0.4) is 0 Å². The van der Waals surface area contributed by atoms with Gasteiger partial charge in [-0.3, -0.25) is 11.3 Å². The third-order valence-corrected chi connectivity index (χ3v) is 5.04. The molecule has 1 aliphatic carbocycles. The molecule has 1 aromatic carbocycles. The van der Waals surface area contributed by atoms with Crippen molar-refractivity contribution in [3.05, 3.63) is 35.4 Å². The molecule has 0 aliphatic heterocycles. The first kappa shape index (κ1) is 15.5. The SMILES string of the molecule is CCC1CCC(C(Cc2ccc(C(C)C)cc2)NN)C1. The van der Waals surface area contributed by atoms with Crippen LogP contribution in [-0.2, 0) is 6.42 Å². The number of nitrogens with one attached hydrogen (secondary N) is 1. The highest BCUT2D eigenvalue weighted by Gasteiger charge is 2.29. The molecule has 0 radical (unpaired) electrons. The molecule has 1 aliphatic rings. The molecule has 1 saturated carbocycles. The maximum Gasteiger partial charge on any atom is 0.0279 e. The Bertz CT molecular complexity index is 396. The van der Waals surface area contributed by atoms with Gasteiger partial charge in [0.05, 0.1) is 0 Å². The van der Waals surface area contributed by atoms with Gasteiger partial charge in [0, 0.05) is 6.04 Å². The Morgan fingerprint density at radius 3 is 2.40 bits per heavy atom. The molecule has 0 bridgehead atoms. The lowest BCUT2D eigenvalue weighted by Crippen LogP contribution is -2.41. The number of benzene rings is 1. The van der Waals surface area contributed by atoms with Crippen molar-refractivity contribution in [2.45, 2.75) is 64.8 Å². The molecule has 3 unspecified atom stereocenters. The smallest absolute Gasteiger partial charge is 0.0279 e. The van der Waals surface area contributed by atoms with Crippen LogP contribution in [0.1, 0.15) is 63.5 Å². The van der Waals surface area contributed by atoms with Crippen LogP contribution < -0.4 is 11.3 Å². The Labute approximate surface area is 124 Å². The minimum atomic E-state index is 0.427. The first-order valence-electron chi connectivity index (χ1n) is 8.19. The lowest BCUT2D eigenvalue weighted by Gasteiger charge is -2.23. The molecule has 3 N–H and O–H groups in total. The van der Waals surface area contributed by atoms with E-state index in [9.17, 15) is 0 Å². The van der Waals surface area contributed by atoms with Crippen LogP contribution >= 0.6 is 0 Å². The van der Waals surface area contributed by atoms with Crippen LogP contribution in [0, 0.1) is 11.8 Å². The molecule has 0 aromatic heterocycles. The second-order valence-electron chi connectivity index (χ2n) is 6.72. The van der Waals surface area contributed by atoms with Crippen LogP contribution in [-0.4, -0.2) is 6.04 Å². The number of hydrogen-bond donors (Lipinski definition) is 2.